The van der Waals surface area contributed by atoms with Gasteiger partial charge in [-0.1, -0.05) is 29.8 Å². The van der Waals surface area contributed by atoms with Crippen LogP contribution in [0.5, 0.6) is 0 Å². The lowest BCUT2D eigenvalue weighted by molar-refractivity contribution is 0.101. The molecule has 8 nitrogen and oxygen atoms in total. The van der Waals surface area contributed by atoms with Crippen LogP contribution in [0.2, 0.25) is 0 Å². The maximum atomic E-state index is 12.6. The number of hydrogen-bond donors (Lipinski definition) is 1. The summed E-state index contributed by atoms with van der Waals surface area (Å²) in [5.74, 6) is 0.0616. The monoisotopic (exact) mass is 361 g/mol. The quantitative estimate of drug-likeness (QED) is 0.603. The molecule has 0 aliphatic heterocycles. The van der Waals surface area contributed by atoms with Crippen LogP contribution < -0.4 is 5.32 Å². The zero-order chi connectivity index (χ0) is 19.0. The number of fused-ring (bicyclic) bond motifs is 1. The second-order valence-corrected chi connectivity index (χ2v) is 6.44. The van der Waals surface area contributed by atoms with Crippen LogP contribution in [0.1, 0.15) is 33.1 Å². The molecular weight excluding hydrogens is 342 g/mol. The van der Waals surface area contributed by atoms with Gasteiger partial charge in [0.1, 0.15) is 0 Å². The first-order chi connectivity index (χ1) is 13.0. The summed E-state index contributed by atoms with van der Waals surface area (Å²) in [7, 11) is 0. The Labute approximate surface area is 155 Å². The molecule has 0 unspecified atom stereocenters. The van der Waals surface area contributed by atoms with Gasteiger partial charge in [0.15, 0.2) is 0 Å². The van der Waals surface area contributed by atoms with Crippen molar-refractivity contribution in [2.24, 2.45) is 0 Å². The number of nitrogens with zero attached hydrogens (tertiary/aromatic N) is 6. The van der Waals surface area contributed by atoms with Crippen LogP contribution in [0.25, 0.3) is 5.78 Å². The molecule has 0 atom stereocenters. The number of aromatic nitrogens is 6. The van der Waals surface area contributed by atoms with E-state index in [1.807, 2.05) is 18.5 Å². The number of nitrogens with one attached hydrogen (secondary N) is 1. The van der Waals surface area contributed by atoms with E-state index in [1.165, 1.54) is 10.1 Å². The van der Waals surface area contributed by atoms with Gasteiger partial charge in [-0.15, -0.1) is 5.10 Å². The molecule has 0 saturated carbocycles. The van der Waals surface area contributed by atoms with Crippen molar-refractivity contribution < 1.29 is 4.79 Å². The minimum Gasteiger partial charge on any atom is -0.316 e. The number of aryl methyl sites for hydroxylation is 2. The number of benzene rings is 1. The molecule has 0 bridgehead atoms. The van der Waals surface area contributed by atoms with Gasteiger partial charge in [-0.25, -0.2) is 9.50 Å². The number of carbonyl (C=O) groups excluding carboxylic acids is 1. The van der Waals surface area contributed by atoms with E-state index < -0.39 is 0 Å². The highest BCUT2D eigenvalue weighted by Gasteiger charge is 2.18. The van der Waals surface area contributed by atoms with Gasteiger partial charge in [0.05, 0.1) is 23.6 Å². The highest BCUT2D eigenvalue weighted by Crippen LogP contribution is 2.21. The maximum Gasteiger partial charge on any atom is 0.295 e. The molecule has 0 aliphatic rings. The Balaban J connectivity index is 1.57. The van der Waals surface area contributed by atoms with Gasteiger partial charge in [0.25, 0.3) is 11.7 Å². The fourth-order valence-corrected chi connectivity index (χ4v) is 2.90. The SMILES string of the molecule is Cc1ccc(Cn2nc(C)c(NC(=O)c3nc4ncccn4n3)c2C)cc1. The first-order valence-electron chi connectivity index (χ1n) is 8.59. The Morgan fingerprint density at radius 3 is 2.63 bits per heavy atom. The first kappa shape index (κ1) is 16.9. The third-order valence-electron chi connectivity index (χ3n) is 4.39. The lowest BCUT2D eigenvalue weighted by Gasteiger charge is -2.06. The zero-order valence-corrected chi connectivity index (χ0v) is 15.3. The molecule has 1 aromatic carbocycles. The molecule has 4 aromatic rings. The van der Waals surface area contributed by atoms with Crippen LogP contribution in [0.15, 0.2) is 42.7 Å². The fraction of sp³-hybridized carbons (Fsp3) is 0.211. The van der Waals surface area contributed by atoms with Crippen molar-refractivity contribution in [1.29, 1.82) is 0 Å². The first-order valence-corrected chi connectivity index (χ1v) is 8.59. The fourth-order valence-electron chi connectivity index (χ4n) is 2.90. The van der Waals surface area contributed by atoms with E-state index in [-0.39, 0.29) is 11.7 Å². The van der Waals surface area contributed by atoms with Gasteiger partial charge in [0.2, 0.25) is 5.82 Å². The highest BCUT2D eigenvalue weighted by molar-refractivity contribution is 6.02. The van der Waals surface area contributed by atoms with Crippen LogP contribution >= 0.6 is 0 Å². The standard InChI is InChI=1S/C19H19N7O/c1-12-5-7-15(8-6-12)11-26-14(3)16(13(2)23-26)21-18(27)17-22-19-20-9-4-10-25(19)24-17/h4-10H,11H2,1-3H3,(H,21,27). The average molecular weight is 361 g/mol. The molecule has 1 N–H and O–H groups in total. The molecule has 3 aromatic heterocycles. The smallest absolute Gasteiger partial charge is 0.295 e. The summed E-state index contributed by atoms with van der Waals surface area (Å²) < 4.78 is 3.35. The highest BCUT2D eigenvalue weighted by atomic mass is 16.2. The Kier molecular flexibility index (Phi) is 4.15. The normalized spacial score (nSPS) is 11.1. The van der Waals surface area contributed by atoms with E-state index in [2.05, 4.69) is 56.7 Å². The summed E-state index contributed by atoms with van der Waals surface area (Å²) in [6.07, 6.45) is 3.30. The molecule has 0 saturated heterocycles. The maximum absolute atomic E-state index is 12.6. The Morgan fingerprint density at radius 1 is 1.11 bits per heavy atom. The van der Waals surface area contributed by atoms with Crippen LogP contribution in [0, 0.1) is 20.8 Å². The van der Waals surface area contributed by atoms with Crippen molar-refractivity contribution in [2.45, 2.75) is 27.3 Å². The van der Waals surface area contributed by atoms with Crippen LogP contribution in [-0.2, 0) is 6.54 Å². The van der Waals surface area contributed by atoms with E-state index in [1.54, 1.807) is 18.5 Å². The molecule has 0 spiro atoms. The number of anilines is 1. The van der Waals surface area contributed by atoms with E-state index in [0.29, 0.717) is 18.0 Å². The van der Waals surface area contributed by atoms with Crippen LogP contribution in [0.3, 0.4) is 0 Å². The van der Waals surface area contributed by atoms with Crippen molar-refractivity contribution in [3.05, 3.63) is 71.1 Å². The van der Waals surface area contributed by atoms with Gasteiger partial charge in [0, 0.05) is 12.4 Å². The lowest BCUT2D eigenvalue weighted by atomic mass is 10.1. The molecule has 4 rings (SSSR count). The summed E-state index contributed by atoms with van der Waals surface area (Å²) in [4.78, 5) is 20.8. The van der Waals surface area contributed by atoms with E-state index in [9.17, 15) is 4.79 Å². The third kappa shape index (κ3) is 3.29. The third-order valence-corrected chi connectivity index (χ3v) is 4.39. The molecule has 0 fully saturated rings. The summed E-state index contributed by atoms with van der Waals surface area (Å²) in [6.45, 7) is 6.50. The lowest BCUT2D eigenvalue weighted by Crippen LogP contribution is -2.15. The molecule has 0 radical (unpaired) electrons. The largest absolute Gasteiger partial charge is 0.316 e. The Bertz CT molecular complexity index is 1090. The van der Waals surface area contributed by atoms with E-state index >= 15 is 0 Å². The molecule has 1 amide bonds. The number of amides is 1. The summed E-state index contributed by atoms with van der Waals surface area (Å²) in [6, 6.07) is 10.0. The van der Waals surface area contributed by atoms with Gasteiger partial charge >= 0.3 is 0 Å². The van der Waals surface area contributed by atoms with Crippen molar-refractivity contribution >= 4 is 17.4 Å². The Hall–Kier alpha value is -3.55. The van der Waals surface area contributed by atoms with Crippen molar-refractivity contribution in [3.63, 3.8) is 0 Å². The van der Waals surface area contributed by atoms with Crippen molar-refractivity contribution in [2.75, 3.05) is 5.32 Å². The summed E-state index contributed by atoms with van der Waals surface area (Å²) in [5.41, 5.74) is 4.67. The average Bonchev–Trinajstić information content (AvgIpc) is 3.20. The number of carbonyl (C=O) groups is 1. The van der Waals surface area contributed by atoms with Gasteiger partial charge in [-0.05, 0) is 32.4 Å². The summed E-state index contributed by atoms with van der Waals surface area (Å²) >= 11 is 0. The molecule has 3 heterocycles. The molecular formula is C19H19N7O. The number of rotatable bonds is 4. The van der Waals surface area contributed by atoms with Crippen molar-refractivity contribution in [3.8, 4) is 0 Å². The number of hydrogen-bond acceptors (Lipinski definition) is 5. The van der Waals surface area contributed by atoms with Crippen molar-refractivity contribution in [1.82, 2.24) is 29.4 Å². The zero-order valence-electron chi connectivity index (χ0n) is 15.3. The van der Waals surface area contributed by atoms with Crippen LogP contribution in [0.4, 0.5) is 5.69 Å². The minimum absolute atomic E-state index is 0.0683. The minimum atomic E-state index is -0.387. The van der Waals surface area contributed by atoms with E-state index in [0.717, 1.165) is 17.0 Å². The second-order valence-electron chi connectivity index (χ2n) is 6.44. The van der Waals surface area contributed by atoms with Gasteiger partial charge in [-0.3, -0.25) is 9.48 Å². The molecule has 8 heteroatoms. The van der Waals surface area contributed by atoms with Gasteiger partial charge in [-0.2, -0.15) is 10.1 Å². The molecule has 27 heavy (non-hydrogen) atoms. The summed E-state index contributed by atoms with van der Waals surface area (Å²) in [5, 5.41) is 11.6. The molecule has 0 aliphatic carbocycles. The predicted molar refractivity (Wildman–Crippen MR) is 101 cm³/mol. The van der Waals surface area contributed by atoms with Crippen LogP contribution in [-0.4, -0.2) is 35.3 Å². The topological polar surface area (TPSA) is 90.0 Å². The second kappa shape index (κ2) is 6.64. The van der Waals surface area contributed by atoms with E-state index in [4.69, 9.17) is 0 Å². The molecule has 136 valence electrons. The predicted octanol–water partition coefficient (Wildman–Crippen LogP) is 2.55. The van der Waals surface area contributed by atoms with Gasteiger partial charge < -0.3 is 5.32 Å². The Morgan fingerprint density at radius 2 is 1.89 bits per heavy atom.